The number of aromatic nitrogens is 2. The summed E-state index contributed by atoms with van der Waals surface area (Å²) in [6, 6.07) is 10.9. The number of anilines is 1. The predicted octanol–water partition coefficient (Wildman–Crippen LogP) is 4.93. The minimum absolute atomic E-state index is 0.0341. The molecule has 8 nitrogen and oxygen atoms in total. The van der Waals surface area contributed by atoms with Crippen LogP contribution in [0.3, 0.4) is 0 Å². The SMILES string of the molecule is CCCN(C(=O)c1ccccc1Cl)c1nnc(-c2cc(C)c(OCCN(C)CC(=O)O)c(C)c2)s1. The van der Waals surface area contributed by atoms with Crippen LogP contribution in [0.4, 0.5) is 5.13 Å². The molecule has 35 heavy (non-hydrogen) atoms. The Hall–Kier alpha value is -3.01. The second-order valence-corrected chi connectivity index (χ2v) is 9.61. The van der Waals surface area contributed by atoms with E-state index in [1.165, 1.54) is 11.3 Å². The van der Waals surface area contributed by atoms with Gasteiger partial charge in [0.2, 0.25) is 5.13 Å². The van der Waals surface area contributed by atoms with Gasteiger partial charge in [-0.2, -0.15) is 0 Å². The Kier molecular flexibility index (Phi) is 9.20. The highest BCUT2D eigenvalue weighted by atomic mass is 35.5. The van der Waals surface area contributed by atoms with Gasteiger partial charge in [0.25, 0.3) is 5.91 Å². The van der Waals surface area contributed by atoms with Crippen molar-refractivity contribution in [1.29, 1.82) is 0 Å². The molecular formula is C25H29ClN4O4S. The van der Waals surface area contributed by atoms with Gasteiger partial charge in [-0.25, -0.2) is 0 Å². The lowest BCUT2D eigenvalue weighted by molar-refractivity contribution is -0.138. The molecule has 1 amide bonds. The van der Waals surface area contributed by atoms with Crippen LogP contribution in [0.1, 0.15) is 34.8 Å². The number of carbonyl (C=O) groups is 2. The van der Waals surface area contributed by atoms with Crippen LogP contribution in [-0.4, -0.2) is 65.4 Å². The van der Waals surface area contributed by atoms with Crippen molar-refractivity contribution >= 4 is 39.9 Å². The monoisotopic (exact) mass is 516 g/mol. The van der Waals surface area contributed by atoms with Crippen molar-refractivity contribution in [2.24, 2.45) is 0 Å². The van der Waals surface area contributed by atoms with Crippen molar-refractivity contribution in [3.05, 3.63) is 58.1 Å². The van der Waals surface area contributed by atoms with Gasteiger partial charge in [-0.1, -0.05) is 42.0 Å². The molecular weight excluding hydrogens is 488 g/mol. The van der Waals surface area contributed by atoms with E-state index in [0.29, 0.717) is 40.4 Å². The summed E-state index contributed by atoms with van der Waals surface area (Å²) in [5.41, 5.74) is 3.20. The number of carboxylic acids is 1. The van der Waals surface area contributed by atoms with Crippen molar-refractivity contribution < 1.29 is 19.4 Å². The van der Waals surface area contributed by atoms with E-state index in [1.807, 2.05) is 32.9 Å². The smallest absolute Gasteiger partial charge is 0.317 e. The van der Waals surface area contributed by atoms with Crippen LogP contribution in [0, 0.1) is 13.8 Å². The third-order valence-electron chi connectivity index (χ3n) is 5.27. The van der Waals surface area contributed by atoms with E-state index >= 15 is 0 Å². The number of amides is 1. The van der Waals surface area contributed by atoms with Crippen LogP contribution >= 0.6 is 22.9 Å². The van der Waals surface area contributed by atoms with Crippen LogP contribution in [0.5, 0.6) is 5.75 Å². The Morgan fingerprint density at radius 2 is 1.80 bits per heavy atom. The Morgan fingerprint density at radius 1 is 1.11 bits per heavy atom. The van der Waals surface area contributed by atoms with Crippen molar-refractivity contribution in [2.75, 3.05) is 38.2 Å². The summed E-state index contributed by atoms with van der Waals surface area (Å²) in [6.07, 6.45) is 0.761. The minimum Gasteiger partial charge on any atom is -0.492 e. The van der Waals surface area contributed by atoms with Crippen LogP contribution in [0.2, 0.25) is 5.02 Å². The second kappa shape index (κ2) is 12.1. The third-order valence-corrected chi connectivity index (χ3v) is 6.60. The highest BCUT2D eigenvalue weighted by Gasteiger charge is 2.23. The fraction of sp³-hybridized carbons (Fsp3) is 0.360. The molecule has 0 saturated heterocycles. The van der Waals surface area contributed by atoms with Crippen molar-refractivity contribution in [1.82, 2.24) is 15.1 Å². The van der Waals surface area contributed by atoms with Gasteiger partial charge < -0.3 is 9.84 Å². The molecule has 1 N–H and O–H groups in total. The Bertz CT molecular complexity index is 1180. The minimum atomic E-state index is -0.869. The number of halogens is 1. The normalized spacial score (nSPS) is 11.0. The van der Waals surface area contributed by atoms with E-state index in [-0.39, 0.29) is 12.5 Å². The fourth-order valence-electron chi connectivity index (χ4n) is 3.64. The number of hydrogen-bond acceptors (Lipinski definition) is 7. The van der Waals surface area contributed by atoms with Crippen LogP contribution < -0.4 is 9.64 Å². The Balaban J connectivity index is 1.78. The van der Waals surface area contributed by atoms with Crippen LogP contribution in [0.15, 0.2) is 36.4 Å². The Morgan fingerprint density at radius 3 is 2.43 bits per heavy atom. The first-order valence-electron chi connectivity index (χ1n) is 11.3. The maximum Gasteiger partial charge on any atom is 0.317 e. The van der Waals surface area contributed by atoms with E-state index in [9.17, 15) is 9.59 Å². The number of aliphatic carboxylic acids is 1. The molecule has 0 unspecified atom stereocenters. The molecule has 186 valence electrons. The highest BCUT2D eigenvalue weighted by molar-refractivity contribution is 7.18. The first-order valence-corrected chi connectivity index (χ1v) is 12.4. The second-order valence-electron chi connectivity index (χ2n) is 8.25. The molecule has 3 rings (SSSR count). The molecule has 0 atom stereocenters. The Labute approximate surface area is 214 Å². The fourth-order valence-corrected chi connectivity index (χ4v) is 4.72. The highest BCUT2D eigenvalue weighted by Crippen LogP contribution is 2.34. The van der Waals surface area contributed by atoms with Crippen LogP contribution in [0.25, 0.3) is 10.6 Å². The topological polar surface area (TPSA) is 95.9 Å². The number of ether oxygens (including phenoxy) is 1. The zero-order chi connectivity index (χ0) is 25.5. The number of nitrogens with zero attached hydrogens (tertiary/aromatic N) is 4. The van der Waals surface area contributed by atoms with Gasteiger partial charge in [-0.3, -0.25) is 19.4 Å². The number of aryl methyl sites for hydroxylation is 2. The van der Waals surface area contributed by atoms with E-state index in [2.05, 4.69) is 10.2 Å². The van der Waals surface area contributed by atoms with Gasteiger partial charge in [0.05, 0.1) is 17.1 Å². The average molecular weight is 517 g/mol. The molecule has 0 spiro atoms. The summed E-state index contributed by atoms with van der Waals surface area (Å²) in [5, 5.41) is 19.2. The van der Waals surface area contributed by atoms with Crippen LogP contribution in [-0.2, 0) is 4.79 Å². The number of benzene rings is 2. The quantitative estimate of drug-likeness (QED) is 0.386. The van der Waals surface area contributed by atoms with E-state index in [4.69, 9.17) is 21.4 Å². The van der Waals surface area contributed by atoms with Crippen molar-refractivity contribution in [2.45, 2.75) is 27.2 Å². The average Bonchev–Trinajstić information content (AvgIpc) is 3.28. The molecule has 0 radical (unpaired) electrons. The zero-order valence-electron chi connectivity index (χ0n) is 20.2. The lowest BCUT2D eigenvalue weighted by atomic mass is 10.1. The number of likely N-dealkylation sites (N-methyl/N-ethyl adjacent to an activating group) is 1. The molecule has 2 aromatic carbocycles. The molecule has 0 bridgehead atoms. The molecule has 0 fully saturated rings. The van der Waals surface area contributed by atoms with Gasteiger partial charge in [0.15, 0.2) is 0 Å². The summed E-state index contributed by atoms with van der Waals surface area (Å²) in [6.45, 7) is 7.26. The maximum absolute atomic E-state index is 13.2. The van der Waals surface area contributed by atoms with Gasteiger partial charge in [0, 0.05) is 18.7 Å². The molecule has 0 saturated carbocycles. The van der Waals surface area contributed by atoms with Crippen molar-refractivity contribution in [3.63, 3.8) is 0 Å². The molecule has 10 heteroatoms. The number of rotatable bonds is 11. The number of carbonyl (C=O) groups excluding carboxylic acids is 1. The summed E-state index contributed by atoms with van der Waals surface area (Å²) in [5.74, 6) is -0.306. The molecule has 1 aromatic heterocycles. The maximum atomic E-state index is 13.2. The molecule has 1 heterocycles. The van der Waals surface area contributed by atoms with E-state index in [1.54, 1.807) is 41.1 Å². The summed E-state index contributed by atoms with van der Waals surface area (Å²) >= 11 is 7.61. The summed E-state index contributed by atoms with van der Waals surface area (Å²) in [7, 11) is 1.74. The van der Waals surface area contributed by atoms with Crippen molar-refractivity contribution in [3.8, 4) is 16.3 Å². The van der Waals surface area contributed by atoms with Gasteiger partial charge in [-0.05, 0) is 62.7 Å². The van der Waals surface area contributed by atoms with Gasteiger partial charge in [-0.15, -0.1) is 10.2 Å². The molecule has 3 aromatic rings. The van der Waals surface area contributed by atoms with Gasteiger partial charge >= 0.3 is 5.97 Å². The molecule has 0 aliphatic rings. The first-order chi connectivity index (χ1) is 16.7. The molecule has 0 aliphatic carbocycles. The standard InChI is InChI=1S/C25H29ClN4O4S/c1-5-10-30(24(33)19-8-6-7-9-20(19)26)25-28-27-23(35-25)18-13-16(2)22(17(3)14-18)34-12-11-29(4)15-21(31)32/h6-9,13-14H,5,10-12,15H2,1-4H3,(H,31,32). The molecule has 0 aliphatic heterocycles. The summed E-state index contributed by atoms with van der Waals surface area (Å²) < 4.78 is 5.95. The van der Waals surface area contributed by atoms with E-state index < -0.39 is 5.97 Å². The largest absolute Gasteiger partial charge is 0.492 e. The lowest BCUT2D eigenvalue weighted by Gasteiger charge is -2.19. The summed E-state index contributed by atoms with van der Waals surface area (Å²) in [4.78, 5) is 27.3. The number of hydrogen-bond donors (Lipinski definition) is 1. The first kappa shape index (κ1) is 26.6. The third kappa shape index (κ3) is 6.78. The lowest BCUT2D eigenvalue weighted by Crippen LogP contribution is -2.31. The number of carboxylic acid groups (broad SMARTS) is 1. The predicted molar refractivity (Wildman–Crippen MR) is 139 cm³/mol. The zero-order valence-corrected chi connectivity index (χ0v) is 21.8. The van der Waals surface area contributed by atoms with Gasteiger partial charge in [0.1, 0.15) is 17.4 Å². The van der Waals surface area contributed by atoms with E-state index in [0.717, 1.165) is 28.9 Å².